The number of halogens is 1. The Morgan fingerprint density at radius 1 is 1.14 bits per heavy atom. The molecular weight excluding hydrogens is 379 g/mol. The highest BCUT2D eigenvalue weighted by Gasteiger charge is 2.34. The number of carbonyl (C=O) groups is 3. The topological polar surface area (TPSA) is 66.5 Å². The van der Waals surface area contributed by atoms with Gasteiger partial charge in [-0.15, -0.1) is 11.8 Å². The van der Waals surface area contributed by atoms with Crippen LogP contribution in [0.4, 0.5) is 4.39 Å². The molecule has 0 saturated heterocycles. The lowest BCUT2D eigenvalue weighted by molar-refractivity contribution is -0.122. The molecule has 1 N–H and O–H groups in total. The largest absolute Gasteiger partial charge is 0.349 e. The number of imide groups is 1. The number of hydrogen-bond acceptors (Lipinski definition) is 4. The fraction of sp³-hybridized carbons (Fsp3) is 0.286. The van der Waals surface area contributed by atoms with E-state index in [2.05, 4.69) is 5.32 Å². The van der Waals surface area contributed by atoms with Crippen LogP contribution in [0.3, 0.4) is 0 Å². The average molecular weight is 398 g/mol. The fourth-order valence-corrected chi connectivity index (χ4v) is 4.73. The van der Waals surface area contributed by atoms with Crippen molar-refractivity contribution in [1.29, 1.82) is 0 Å². The van der Waals surface area contributed by atoms with Gasteiger partial charge in [0.2, 0.25) is 5.91 Å². The van der Waals surface area contributed by atoms with Crippen LogP contribution >= 0.6 is 11.8 Å². The predicted molar refractivity (Wildman–Crippen MR) is 104 cm³/mol. The Balaban J connectivity index is 1.33. The summed E-state index contributed by atoms with van der Waals surface area (Å²) in [5, 5.41) is 2.96. The normalized spacial score (nSPS) is 18.0. The second-order valence-electron chi connectivity index (χ2n) is 6.85. The van der Waals surface area contributed by atoms with Crippen LogP contribution in [0.25, 0.3) is 0 Å². The summed E-state index contributed by atoms with van der Waals surface area (Å²) in [6, 6.07) is 11.2. The van der Waals surface area contributed by atoms with E-state index in [1.807, 2.05) is 0 Å². The number of carbonyl (C=O) groups excluding carboxylic acids is 3. The summed E-state index contributed by atoms with van der Waals surface area (Å²) in [6.07, 6.45) is 1.32. The van der Waals surface area contributed by atoms with Crippen molar-refractivity contribution < 1.29 is 18.8 Å². The molecule has 0 bridgehead atoms. The first-order chi connectivity index (χ1) is 13.5. The zero-order valence-corrected chi connectivity index (χ0v) is 15.9. The molecule has 0 fully saturated rings. The van der Waals surface area contributed by atoms with Crippen LogP contribution < -0.4 is 5.32 Å². The van der Waals surface area contributed by atoms with Gasteiger partial charge in [-0.25, -0.2) is 4.39 Å². The van der Waals surface area contributed by atoms with Crippen molar-refractivity contribution in [3.05, 3.63) is 65.0 Å². The van der Waals surface area contributed by atoms with Gasteiger partial charge in [0.25, 0.3) is 11.8 Å². The summed E-state index contributed by atoms with van der Waals surface area (Å²) in [7, 11) is 0. The van der Waals surface area contributed by atoms with E-state index in [1.54, 1.807) is 42.1 Å². The number of thioether (sulfide) groups is 1. The molecule has 0 aliphatic carbocycles. The van der Waals surface area contributed by atoms with Gasteiger partial charge in [0, 0.05) is 23.6 Å². The van der Waals surface area contributed by atoms with Gasteiger partial charge in [0.1, 0.15) is 5.82 Å². The molecule has 0 radical (unpaired) electrons. The summed E-state index contributed by atoms with van der Waals surface area (Å²) in [4.78, 5) is 39.2. The third-order valence-corrected chi connectivity index (χ3v) is 6.13. The number of amides is 3. The Morgan fingerprint density at radius 2 is 1.86 bits per heavy atom. The fourth-order valence-electron chi connectivity index (χ4n) is 3.62. The van der Waals surface area contributed by atoms with Gasteiger partial charge in [-0.3, -0.25) is 19.3 Å². The molecule has 2 heterocycles. The van der Waals surface area contributed by atoms with Crippen molar-refractivity contribution >= 4 is 29.5 Å². The quantitative estimate of drug-likeness (QED) is 0.782. The van der Waals surface area contributed by atoms with Crippen LogP contribution in [-0.4, -0.2) is 34.9 Å². The molecule has 0 unspecified atom stereocenters. The predicted octanol–water partition coefficient (Wildman–Crippen LogP) is 3.56. The highest BCUT2D eigenvalue weighted by molar-refractivity contribution is 7.99. The van der Waals surface area contributed by atoms with Crippen LogP contribution in [0.15, 0.2) is 47.4 Å². The molecule has 28 heavy (non-hydrogen) atoms. The molecule has 144 valence electrons. The standard InChI is InChI=1S/C21H19FN2O3S/c22-13-7-8-18-16(12-13)17(9-11-28-18)23-19(25)6-3-10-24-20(26)14-4-1-2-5-15(14)21(24)27/h1-2,4-5,7-8,12,17H,3,6,9-11H2,(H,23,25)/t17-/m1/s1. The lowest BCUT2D eigenvalue weighted by Gasteiger charge is -2.26. The maximum atomic E-state index is 13.6. The first-order valence-electron chi connectivity index (χ1n) is 9.21. The third kappa shape index (κ3) is 3.54. The molecule has 2 aliphatic rings. The van der Waals surface area contributed by atoms with Gasteiger partial charge in [0.15, 0.2) is 0 Å². The summed E-state index contributed by atoms with van der Waals surface area (Å²) in [6.45, 7) is 0.200. The molecule has 1 atom stereocenters. The highest BCUT2D eigenvalue weighted by atomic mass is 32.2. The molecule has 0 spiro atoms. The van der Waals surface area contributed by atoms with Gasteiger partial charge < -0.3 is 5.32 Å². The van der Waals surface area contributed by atoms with Crippen molar-refractivity contribution in [3.63, 3.8) is 0 Å². The summed E-state index contributed by atoms with van der Waals surface area (Å²) in [5.41, 5.74) is 1.63. The van der Waals surface area contributed by atoms with Gasteiger partial charge >= 0.3 is 0 Å². The van der Waals surface area contributed by atoms with Crippen molar-refractivity contribution in [3.8, 4) is 0 Å². The van der Waals surface area contributed by atoms with Gasteiger partial charge in [-0.05, 0) is 48.7 Å². The second kappa shape index (κ2) is 7.75. The van der Waals surface area contributed by atoms with Crippen molar-refractivity contribution in [2.75, 3.05) is 12.3 Å². The molecule has 3 amide bonds. The average Bonchev–Trinajstić information content (AvgIpc) is 2.94. The summed E-state index contributed by atoms with van der Waals surface area (Å²) in [5.74, 6) is -0.238. The van der Waals surface area contributed by atoms with Crippen molar-refractivity contribution in [2.45, 2.75) is 30.2 Å². The molecule has 4 rings (SSSR count). The number of fused-ring (bicyclic) bond motifs is 2. The minimum Gasteiger partial charge on any atom is -0.349 e. The summed E-state index contributed by atoms with van der Waals surface area (Å²) < 4.78 is 13.6. The van der Waals surface area contributed by atoms with E-state index in [4.69, 9.17) is 0 Å². The van der Waals surface area contributed by atoms with E-state index < -0.39 is 0 Å². The highest BCUT2D eigenvalue weighted by Crippen LogP contribution is 2.36. The zero-order chi connectivity index (χ0) is 19.7. The lowest BCUT2D eigenvalue weighted by Crippen LogP contribution is -2.33. The summed E-state index contributed by atoms with van der Waals surface area (Å²) >= 11 is 1.66. The molecule has 0 aromatic heterocycles. The Kier molecular flexibility index (Phi) is 5.17. The number of rotatable bonds is 5. The molecule has 2 aromatic carbocycles. The van der Waals surface area contributed by atoms with E-state index in [0.29, 0.717) is 17.5 Å². The van der Waals surface area contributed by atoms with E-state index in [-0.39, 0.29) is 42.5 Å². The van der Waals surface area contributed by atoms with Crippen LogP contribution in [0, 0.1) is 5.82 Å². The van der Waals surface area contributed by atoms with E-state index >= 15 is 0 Å². The third-order valence-electron chi connectivity index (χ3n) is 5.01. The number of benzene rings is 2. The monoisotopic (exact) mass is 398 g/mol. The Hall–Kier alpha value is -2.67. The van der Waals surface area contributed by atoms with Gasteiger partial charge in [-0.1, -0.05) is 12.1 Å². The molecule has 7 heteroatoms. The van der Waals surface area contributed by atoms with Crippen LogP contribution in [0.1, 0.15) is 51.6 Å². The number of hydrogen-bond donors (Lipinski definition) is 1. The second-order valence-corrected chi connectivity index (χ2v) is 7.99. The van der Waals surface area contributed by atoms with Gasteiger partial charge in [0.05, 0.1) is 17.2 Å². The van der Waals surface area contributed by atoms with Crippen molar-refractivity contribution in [2.24, 2.45) is 0 Å². The van der Waals surface area contributed by atoms with Crippen LogP contribution in [0.2, 0.25) is 0 Å². The number of nitrogens with one attached hydrogen (secondary N) is 1. The molecular formula is C21H19FN2O3S. The maximum absolute atomic E-state index is 13.6. The lowest BCUT2D eigenvalue weighted by atomic mass is 10.0. The first kappa shape index (κ1) is 18.7. The SMILES string of the molecule is O=C(CCCN1C(=O)c2ccccc2C1=O)N[C@@H]1CCSc2ccc(F)cc21. The van der Waals surface area contributed by atoms with Crippen LogP contribution in [-0.2, 0) is 4.79 Å². The van der Waals surface area contributed by atoms with E-state index in [9.17, 15) is 18.8 Å². The van der Waals surface area contributed by atoms with Crippen LogP contribution in [0.5, 0.6) is 0 Å². The molecule has 2 aromatic rings. The zero-order valence-electron chi connectivity index (χ0n) is 15.1. The first-order valence-corrected chi connectivity index (χ1v) is 10.2. The maximum Gasteiger partial charge on any atom is 0.261 e. The smallest absolute Gasteiger partial charge is 0.261 e. The minimum atomic E-state index is -0.314. The van der Waals surface area contributed by atoms with Gasteiger partial charge in [-0.2, -0.15) is 0 Å². The molecule has 0 saturated carbocycles. The van der Waals surface area contributed by atoms with Crippen molar-refractivity contribution in [1.82, 2.24) is 10.2 Å². The molecule has 5 nitrogen and oxygen atoms in total. The Labute approximate surface area is 166 Å². The molecule has 2 aliphatic heterocycles. The van der Waals surface area contributed by atoms with E-state index in [1.165, 1.54) is 17.0 Å². The minimum absolute atomic E-state index is 0.163. The Morgan fingerprint density at radius 3 is 2.57 bits per heavy atom. The number of nitrogens with zero attached hydrogens (tertiary/aromatic N) is 1. The Bertz CT molecular complexity index is 927. The van der Waals surface area contributed by atoms with E-state index in [0.717, 1.165) is 22.6 Å².